The molecule has 0 fully saturated rings. The summed E-state index contributed by atoms with van der Waals surface area (Å²) in [6.45, 7) is 5.22. The van der Waals surface area contributed by atoms with Crippen molar-refractivity contribution in [3.63, 3.8) is 0 Å². The molecule has 0 bridgehead atoms. The van der Waals surface area contributed by atoms with Crippen LogP contribution in [0.4, 0.5) is 0 Å². The molecule has 0 aliphatic heterocycles. The third-order valence-electron chi connectivity index (χ3n) is 2.74. The van der Waals surface area contributed by atoms with E-state index >= 15 is 0 Å². The number of amides is 1. The van der Waals surface area contributed by atoms with Gasteiger partial charge in [-0.15, -0.1) is 0 Å². The van der Waals surface area contributed by atoms with E-state index in [0.29, 0.717) is 12.0 Å². The van der Waals surface area contributed by atoms with Crippen molar-refractivity contribution in [2.45, 2.75) is 32.8 Å². The summed E-state index contributed by atoms with van der Waals surface area (Å²) in [5.74, 6) is -0.724. The van der Waals surface area contributed by atoms with Gasteiger partial charge in [-0.05, 0) is 26.8 Å². The molecule has 5 nitrogen and oxygen atoms in total. The standard InChI is InChI=1S/C15H18N2O3/c1-15(2,3)20-13(18)9-17-14(19)11-6-7-12-10(11)5-4-8-16-12/h4-6,8H,7,9H2,1-3H3,(H,17,19). The van der Waals surface area contributed by atoms with Gasteiger partial charge in [-0.3, -0.25) is 14.6 Å². The second-order valence-electron chi connectivity index (χ2n) is 5.59. The van der Waals surface area contributed by atoms with Crippen LogP contribution in [0.1, 0.15) is 32.0 Å². The highest BCUT2D eigenvalue weighted by Gasteiger charge is 2.22. The molecule has 106 valence electrons. The van der Waals surface area contributed by atoms with E-state index in [1.807, 2.05) is 12.1 Å². The molecule has 1 aliphatic rings. The lowest BCUT2D eigenvalue weighted by atomic mass is 10.1. The largest absolute Gasteiger partial charge is 0.459 e. The van der Waals surface area contributed by atoms with E-state index in [1.165, 1.54) is 0 Å². The fraction of sp³-hybridized carbons (Fsp3) is 0.400. The SMILES string of the molecule is CC(C)(C)OC(=O)CNC(=O)C1=CCc2ncccc21. The number of pyridine rings is 1. The van der Waals surface area contributed by atoms with Crippen LogP contribution in [0.3, 0.4) is 0 Å². The summed E-state index contributed by atoms with van der Waals surface area (Å²) in [5, 5.41) is 2.58. The normalized spacial score (nSPS) is 13.4. The average molecular weight is 274 g/mol. The lowest BCUT2D eigenvalue weighted by Gasteiger charge is -2.19. The van der Waals surface area contributed by atoms with E-state index in [0.717, 1.165) is 11.3 Å². The lowest BCUT2D eigenvalue weighted by Crippen LogP contribution is -2.34. The van der Waals surface area contributed by atoms with Gasteiger partial charge in [0.05, 0.1) is 5.69 Å². The van der Waals surface area contributed by atoms with Crippen LogP contribution in [-0.2, 0) is 20.7 Å². The number of ether oxygens (including phenoxy) is 1. The van der Waals surface area contributed by atoms with Crippen LogP contribution in [-0.4, -0.2) is 29.0 Å². The molecule has 1 N–H and O–H groups in total. The number of carbonyl (C=O) groups is 2. The first-order valence-corrected chi connectivity index (χ1v) is 6.51. The Morgan fingerprint density at radius 1 is 1.40 bits per heavy atom. The number of hydrogen-bond donors (Lipinski definition) is 1. The predicted octanol–water partition coefficient (Wildman–Crippen LogP) is 1.48. The predicted molar refractivity (Wildman–Crippen MR) is 74.8 cm³/mol. The van der Waals surface area contributed by atoms with E-state index in [2.05, 4.69) is 10.3 Å². The highest BCUT2D eigenvalue weighted by Crippen LogP contribution is 2.25. The molecular weight excluding hydrogens is 256 g/mol. The number of esters is 1. The first kappa shape index (κ1) is 14.2. The Bertz CT molecular complexity index is 571. The van der Waals surface area contributed by atoms with Crippen LogP contribution in [0.15, 0.2) is 24.4 Å². The Kier molecular flexibility index (Phi) is 3.88. The number of carbonyl (C=O) groups excluding carboxylic acids is 2. The monoisotopic (exact) mass is 274 g/mol. The van der Waals surface area contributed by atoms with Gasteiger partial charge in [-0.25, -0.2) is 0 Å². The number of nitrogens with zero attached hydrogens (tertiary/aromatic N) is 1. The fourth-order valence-electron chi connectivity index (χ4n) is 1.99. The van der Waals surface area contributed by atoms with Crippen LogP contribution in [0.5, 0.6) is 0 Å². The Balaban J connectivity index is 1.93. The molecule has 0 saturated heterocycles. The molecule has 0 spiro atoms. The maximum absolute atomic E-state index is 12.1. The lowest BCUT2D eigenvalue weighted by molar-refractivity contribution is -0.154. The van der Waals surface area contributed by atoms with Gasteiger partial charge in [-0.1, -0.05) is 12.1 Å². The molecule has 0 radical (unpaired) electrons. The summed E-state index contributed by atoms with van der Waals surface area (Å²) in [7, 11) is 0. The van der Waals surface area contributed by atoms with Crippen LogP contribution in [0.25, 0.3) is 5.57 Å². The molecule has 1 heterocycles. The van der Waals surface area contributed by atoms with Crippen LogP contribution < -0.4 is 5.32 Å². The van der Waals surface area contributed by atoms with Crippen molar-refractivity contribution < 1.29 is 14.3 Å². The number of hydrogen-bond acceptors (Lipinski definition) is 4. The molecule has 20 heavy (non-hydrogen) atoms. The van der Waals surface area contributed by atoms with Crippen molar-refractivity contribution in [2.24, 2.45) is 0 Å². The zero-order valence-corrected chi connectivity index (χ0v) is 11.9. The quantitative estimate of drug-likeness (QED) is 0.848. The second-order valence-corrected chi connectivity index (χ2v) is 5.59. The summed E-state index contributed by atoms with van der Waals surface area (Å²) < 4.78 is 5.13. The Morgan fingerprint density at radius 2 is 2.15 bits per heavy atom. The van der Waals surface area contributed by atoms with Crippen molar-refractivity contribution in [1.82, 2.24) is 10.3 Å². The highest BCUT2D eigenvalue weighted by atomic mass is 16.6. The van der Waals surface area contributed by atoms with Gasteiger partial charge in [0.1, 0.15) is 12.1 Å². The van der Waals surface area contributed by atoms with Gasteiger partial charge >= 0.3 is 5.97 Å². The minimum atomic E-state index is -0.551. The molecule has 0 aromatic carbocycles. The van der Waals surface area contributed by atoms with Gasteiger partial charge in [0, 0.05) is 23.8 Å². The molecule has 1 aliphatic carbocycles. The second kappa shape index (κ2) is 5.45. The first-order valence-electron chi connectivity index (χ1n) is 6.51. The summed E-state index contributed by atoms with van der Waals surface area (Å²) in [6.07, 6.45) is 4.17. The third-order valence-corrected chi connectivity index (χ3v) is 2.74. The average Bonchev–Trinajstić information content (AvgIpc) is 2.78. The van der Waals surface area contributed by atoms with Crippen LogP contribution in [0, 0.1) is 0 Å². The van der Waals surface area contributed by atoms with Gasteiger partial charge in [0.2, 0.25) is 0 Å². The Hall–Kier alpha value is -2.17. The van der Waals surface area contributed by atoms with Gasteiger partial charge in [0.15, 0.2) is 0 Å². The Labute approximate surface area is 118 Å². The molecule has 2 rings (SSSR count). The first-order chi connectivity index (χ1) is 9.37. The van der Waals surface area contributed by atoms with Gasteiger partial charge < -0.3 is 10.1 Å². The zero-order valence-electron chi connectivity index (χ0n) is 11.9. The van der Waals surface area contributed by atoms with E-state index in [1.54, 1.807) is 33.0 Å². The smallest absolute Gasteiger partial charge is 0.325 e. The summed E-state index contributed by atoms with van der Waals surface area (Å²) in [6, 6.07) is 3.65. The summed E-state index contributed by atoms with van der Waals surface area (Å²) in [4.78, 5) is 27.8. The highest BCUT2D eigenvalue weighted by molar-refractivity contribution is 6.21. The minimum Gasteiger partial charge on any atom is -0.459 e. The minimum absolute atomic E-state index is 0.136. The number of allylic oxidation sites excluding steroid dienone is 1. The molecular formula is C15H18N2O3. The fourth-order valence-corrected chi connectivity index (χ4v) is 1.99. The molecule has 5 heteroatoms. The number of nitrogens with one attached hydrogen (secondary N) is 1. The maximum atomic E-state index is 12.1. The van der Waals surface area contributed by atoms with E-state index in [4.69, 9.17) is 4.74 Å². The molecule has 1 aromatic rings. The van der Waals surface area contributed by atoms with Crippen molar-refractivity contribution in [1.29, 1.82) is 0 Å². The Morgan fingerprint density at radius 3 is 2.85 bits per heavy atom. The van der Waals surface area contributed by atoms with E-state index < -0.39 is 11.6 Å². The van der Waals surface area contributed by atoms with Crippen molar-refractivity contribution >= 4 is 17.4 Å². The third kappa shape index (κ3) is 3.44. The van der Waals surface area contributed by atoms with Crippen molar-refractivity contribution in [2.75, 3.05) is 6.54 Å². The topological polar surface area (TPSA) is 68.3 Å². The number of fused-ring (bicyclic) bond motifs is 1. The van der Waals surface area contributed by atoms with E-state index in [-0.39, 0.29) is 12.5 Å². The van der Waals surface area contributed by atoms with Gasteiger partial charge in [-0.2, -0.15) is 0 Å². The molecule has 0 saturated carbocycles. The number of aromatic nitrogens is 1. The van der Waals surface area contributed by atoms with E-state index in [9.17, 15) is 9.59 Å². The van der Waals surface area contributed by atoms with Crippen molar-refractivity contribution in [3.8, 4) is 0 Å². The zero-order chi connectivity index (χ0) is 14.8. The van der Waals surface area contributed by atoms with Gasteiger partial charge in [0.25, 0.3) is 5.91 Å². The maximum Gasteiger partial charge on any atom is 0.325 e. The molecule has 0 unspecified atom stereocenters. The van der Waals surface area contributed by atoms with Crippen LogP contribution >= 0.6 is 0 Å². The summed E-state index contributed by atoms with van der Waals surface area (Å²) in [5.41, 5.74) is 1.73. The number of rotatable bonds is 3. The summed E-state index contributed by atoms with van der Waals surface area (Å²) >= 11 is 0. The van der Waals surface area contributed by atoms with Crippen LogP contribution in [0.2, 0.25) is 0 Å². The molecule has 1 aromatic heterocycles. The van der Waals surface area contributed by atoms with Crippen molar-refractivity contribution in [3.05, 3.63) is 35.7 Å². The molecule has 0 atom stereocenters. The molecule has 1 amide bonds.